The summed E-state index contributed by atoms with van der Waals surface area (Å²) in [5.74, 6) is -2.03. The van der Waals surface area contributed by atoms with Crippen LogP contribution in [0.2, 0.25) is 0 Å². The van der Waals surface area contributed by atoms with Crippen molar-refractivity contribution in [2.24, 2.45) is 0 Å². The second-order valence-corrected chi connectivity index (χ2v) is 11.5. The molecule has 0 fully saturated rings. The minimum atomic E-state index is -0.594. The summed E-state index contributed by atoms with van der Waals surface area (Å²) >= 11 is 2.41. The van der Waals surface area contributed by atoms with Crippen LogP contribution in [0.4, 0.5) is 5.00 Å². The maximum absolute atomic E-state index is 13.6. The molecule has 9 nitrogen and oxygen atoms in total. The Hall–Kier alpha value is -3.83. The number of hydrogen-bond acceptors (Lipinski definition) is 9. The van der Waals surface area contributed by atoms with Gasteiger partial charge >= 0.3 is 11.9 Å². The molecule has 4 aromatic rings. The maximum Gasteiger partial charge on any atom is 0.341 e. The van der Waals surface area contributed by atoms with Gasteiger partial charge < -0.3 is 14.8 Å². The third kappa shape index (κ3) is 5.18. The van der Waals surface area contributed by atoms with Crippen LogP contribution in [0.3, 0.4) is 0 Å². The number of aromatic nitrogens is 2. The van der Waals surface area contributed by atoms with Crippen molar-refractivity contribution >= 4 is 55.7 Å². The average molecular weight is 580 g/mol. The number of carbonyl (C=O) groups is 3. The van der Waals surface area contributed by atoms with Crippen LogP contribution in [-0.2, 0) is 27.2 Å². The van der Waals surface area contributed by atoms with E-state index in [2.05, 4.69) is 10.3 Å². The van der Waals surface area contributed by atoms with Gasteiger partial charge in [-0.15, -0.1) is 22.7 Å². The largest absolute Gasteiger partial charge is 0.466 e. The molecule has 1 aromatic carbocycles. The van der Waals surface area contributed by atoms with E-state index in [1.807, 2.05) is 30.3 Å². The zero-order valence-electron chi connectivity index (χ0n) is 22.4. The fourth-order valence-electron chi connectivity index (χ4n) is 5.06. The van der Waals surface area contributed by atoms with E-state index in [1.165, 1.54) is 22.2 Å². The number of nitrogens with zero attached hydrogens (tertiary/aromatic N) is 2. The first-order chi connectivity index (χ1) is 19.3. The highest BCUT2D eigenvalue weighted by molar-refractivity contribution is 7.21. The Morgan fingerprint density at radius 3 is 2.58 bits per heavy atom. The van der Waals surface area contributed by atoms with Gasteiger partial charge in [-0.1, -0.05) is 30.3 Å². The van der Waals surface area contributed by atoms with Crippen molar-refractivity contribution in [1.29, 1.82) is 0 Å². The van der Waals surface area contributed by atoms with Crippen LogP contribution in [-0.4, -0.2) is 40.6 Å². The quantitative estimate of drug-likeness (QED) is 0.282. The number of ether oxygens (including phenoxy) is 2. The van der Waals surface area contributed by atoms with Crippen molar-refractivity contribution in [2.75, 3.05) is 18.5 Å². The molecule has 0 spiro atoms. The number of thiophene rings is 2. The maximum atomic E-state index is 13.6. The lowest BCUT2D eigenvalue weighted by Gasteiger charge is -2.22. The zero-order valence-corrected chi connectivity index (χ0v) is 24.1. The molecule has 3 aromatic heterocycles. The Labute approximate surface area is 238 Å². The molecule has 1 aliphatic rings. The predicted octanol–water partition coefficient (Wildman–Crippen LogP) is 5.29. The van der Waals surface area contributed by atoms with Crippen molar-refractivity contribution in [1.82, 2.24) is 9.55 Å². The highest BCUT2D eigenvalue weighted by Crippen LogP contribution is 2.45. The van der Waals surface area contributed by atoms with Crippen molar-refractivity contribution in [3.63, 3.8) is 0 Å². The molecule has 5 rings (SSSR count). The summed E-state index contributed by atoms with van der Waals surface area (Å²) < 4.78 is 12.1. The summed E-state index contributed by atoms with van der Waals surface area (Å²) in [6.45, 7) is 5.93. The van der Waals surface area contributed by atoms with Crippen LogP contribution in [0.25, 0.3) is 10.2 Å². The van der Waals surface area contributed by atoms with Crippen molar-refractivity contribution in [2.45, 2.75) is 52.5 Å². The number of aryl methyl sites for hydroxylation is 2. The van der Waals surface area contributed by atoms with E-state index in [4.69, 9.17) is 9.47 Å². The fraction of sp³-hybridized carbons (Fsp3) is 0.345. The number of carbonyl (C=O) groups excluding carboxylic acids is 3. The van der Waals surface area contributed by atoms with Crippen LogP contribution in [0.5, 0.6) is 0 Å². The monoisotopic (exact) mass is 579 g/mol. The summed E-state index contributed by atoms with van der Waals surface area (Å²) in [4.78, 5) is 58.9. The first-order valence-corrected chi connectivity index (χ1v) is 14.8. The standard InChI is InChI=1S/C29H29N3O6S2/c1-4-37-28(35)18-12-9-13-19-21(18)22(29(36)38-5-2)26(39-19)31-24(33)23-16(3)20-25(40-23)30-15-32(27(20)34)14-17-10-7-6-8-11-17/h6-8,10-11,15,18H,4-5,9,12-14H2,1-3H3,(H,31,33). The summed E-state index contributed by atoms with van der Waals surface area (Å²) in [5, 5.41) is 3.62. The molecule has 1 N–H and O–H groups in total. The van der Waals surface area contributed by atoms with Crippen LogP contribution in [0.15, 0.2) is 41.5 Å². The first kappa shape index (κ1) is 27.7. The van der Waals surface area contributed by atoms with Crippen molar-refractivity contribution in [3.8, 4) is 0 Å². The SMILES string of the molecule is CCOC(=O)c1c(NC(=O)c2sc3ncn(Cc4ccccc4)c(=O)c3c2C)sc2c1C(C(=O)OCC)CCC2. The highest BCUT2D eigenvalue weighted by Gasteiger charge is 2.37. The van der Waals surface area contributed by atoms with Gasteiger partial charge in [0, 0.05) is 4.88 Å². The lowest BCUT2D eigenvalue weighted by molar-refractivity contribution is -0.145. The minimum absolute atomic E-state index is 0.150. The Bertz CT molecular complexity index is 1650. The minimum Gasteiger partial charge on any atom is -0.466 e. The van der Waals surface area contributed by atoms with E-state index in [0.29, 0.717) is 50.6 Å². The summed E-state index contributed by atoms with van der Waals surface area (Å²) in [6, 6.07) is 9.60. The molecule has 11 heteroatoms. The van der Waals surface area contributed by atoms with Gasteiger partial charge in [-0.05, 0) is 56.7 Å². The number of anilines is 1. The van der Waals surface area contributed by atoms with E-state index < -0.39 is 17.8 Å². The molecule has 1 amide bonds. The number of amides is 1. The van der Waals surface area contributed by atoms with E-state index in [9.17, 15) is 19.2 Å². The molecule has 0 radical (unpaired) electrons. The molecule has 1 aliphatic carbocycles. The van der Waals surface area contributed by atoms with Crippen LogP contribution >= 0.6 is 22.7 Å². The molecule has 1 atom stereocenters. The summed E-state index contributed by atoms with van der Waals surface area (Å²) in [7, 11) is 0. The van der Waals surface area contributed by atoms with E-state index in [-0.39, 0.29) is 30.3 Å². The topological polar surface area (TPSA) is 117 Å². The normalized spacial score (nSPS) is 14.5. The molecule has 3 heterocycles. The van der Waals surface area contributed by atoms with Crippen LogP contribution in [0.1, 0.15) is 74.2 Å². The van der Waals surface area contributed by atoms with Crippen LogP contribution < -0.4 is 10.9 Å². The number of benzene rings is 1. The number of hydrogen-bond donors (Lipinski definition) is 1. The molecule has 40 heavy (non-hydrogen) atoms. The molecular weight excluding hydrogens is 550 g/mol. The molecule has 0 saturated carbocycles. The van der Waals surface area contributed by atoms with Crippen molar-refractivity contribution < 1.29 is 23.9 Å². The number of esters is 2. The molecule has 0 bridgehead atoms. The van der Waals surface area contributed by atoms with Gasteiger partial charge in [0.25, 0.3) is 11.5 Å². The third-order valence-corrected chi connectivity index (χ3v) is 9.24. The van der Waals surface area contributed by atoms with Gasteiger partial charge in [-0.2, -0.15) is 0 Å². The second-order valence-electron chi connectivity index (χ2n) is 9.41. The first-order valence-electron chi connectivity index (χ1n) is 13.2. The second kappa shape index (κ2) is 11.7. The van der Waals surface area contributed by atoms with E-state index in [0.717, 1.165) is 28.2 Å². The van der Waals surface area contributed by atoms with Gasteiger partial charge in [-0.3, -0.25) is 19.0 Å². The molecule has 0 aliphatic heterocycles. The number of fused-ring (bicyclic) bond motifs is 2. The van der Waals surface area contributed by atoms with E-state index in [1.54, 1.807) is 20.8 Å². The Kier molecular flexibility index (Phi) is 8.13. The van der Waals surface area contributed by atoms with Gasteiger partial charge in [-0.25, -0.2) is 9.78 Å². The van der Waals surface area contributed by atoms with Gasteiger partial charge in [0.1, 0.15) is 9.83 Å². The van der Waals surface area contributed by atoms with Crippen molar-refractivity contribution in [3.05, 3.63) is 79.0 Å². The zero-order chi connectivity index (χ0) is 28.4. The summed E-state index contributed by atoms with van der Waals surface area (Å²) in [6.07, 6.45) is 3.50. The average Bonchev–Trinajstić information content (AvgIpc) is 3.48. The van der Waals surface area contributed by atoms with Gasteiger partial charge in [0.2, 0.25) is 0 Å². The lowest BCUT2D eigenvalue weighted by Crippen LogP contribution is -2.23. The highest BCUT2D eigenvalue weighted by atomic mass is 32.1. The van der Waals surface area contributed by atoms with Gasteiger partial charge in [0.15, 0.2) is 0 Å². The Morgan fingerprint density at radius 2 is 1.85 bits per heavy atom. The lowest BCUT2D eigenvalue weighted by atomic mass is 9.85. The smallest absolute Gasteiger partial charge is 0.341 e. The van der Waals surface area contributed by atoms with Crippen LogP contribution in [0, 0.1) is 6.92 Å². The van der Waals surface area contributed by atoms with E-state index >= 15 is 0 Å². The summed E-state index contributed by atoms with van der Waals surface area (Å²) in [5.41, 5.74) is 2.06. The fourth-order valence-corrected chi connectivity index (χ4v) is 7.38. The molecule has 0 saturated heterocycles. The Balaban J connectivity index is 1.51. The molecule has 208 valence electrons. The van der Waals surface area contributed by atoms with Gasteiger partial charge in [0.05, 0.1) is 47.8 Å². The number of rotatable bonds is 8. The predicted molar refractivity (Wildman–Crippen MR) is 155 cm³/mol. The molecule has 1 unspecified atom stereocenters. The number of nitrogens with one attached hydrogen (secondary N) is 1. The molecular formula is C29H29N3O6S2. The third-order valence-electron chi connectivity index (χ3n) is 6.86. The Morgan fingerprint density at radius 1 is 1.10 bits per heavy atom.